The monoisotopic (exact) mass is 709 g/mol. The van der Waals surface area contributed by atoms with Crippen LogP contribution in [0, 0.1) is 0 Å². The van der Waals surface area contributed by atoms with E-state index in [2.05, 4.69) is 68.5 Å². The molecule has 0 bridgehead atoms. The first kappa shape index (κ1) is 34.1. The Morgan fingerprint density at radius 3 is 1.96 bits per heavy atom. The predicted molar refractivity (Wildman–Crippen MR) is 203 cm³/mol. The first-order chi connectivity index (χ1) is 25.7. The van der Waals surface area contributed by atoms with Crippen LogP contribution in [0.25, 0.3) is 44.5 Å². The van der Waals surface area contributed by atoms with Gasteiger partial charge in [-0.05, 0) is 80.8 Å². The lowest BCUT2D eigenvalue weighted by Crippen LogP contribution is -2.36. The minimum Gasteiger partial charge on any atom is -0.445 e. The molecule has 2 saturated heterocycles. The van der Waals surface area contributed by atoms with Crippen LogP contribution in [0.2, 0.25) is 0 Å². The number of nitrogens with one attached hydrogen (secondary N) is 2. The van der Waals surface area contributed by atoms with E-state index in [9.17, 15) is 9.59 Å². The largest absolute Gasteiger partial charge is 0.445 e. The summed E-state index contributed by atoms with van der Waals surface area (Å²) in [6, 6.07) is 26.2. The topological polar surface area (TPSA) is 129 Å². The Kier molecular flexibility index (Phi) is 9.16. The molecule has 53 heavy (non-hydrogen) atoms. The van der Waals surface area contributed by atoms with Gasteiger partial charge in [0.15, 0.2) is 0 Å². The fourth-order valence-electron chi connectivity index (χ4n) is 7.26. The molecule has 3 aromatic heterocycles. The highest BCUT2D eigenvalue weighted by Crippen LogP contribution is 2.35. The van der Waals surface area contributed by atoms with Crippen molar-refractivity contribution in [2.75, 3.05) is 13.1 Å². The number of carbonyl (C=O) groups is 2. The van der Waals surface area contributed by atoms with Crippen molar-refractivity contribution in [1.82, 2.24) is 34.7 Å². The number of fused-ring (bicyclic) bond motifs is 1. The number of likely N-dealkylation sites (tertiary alicyclic amines) is 2. The maximum atomic E-state index is 13.0. The summed E-state index contributed by atoms with van der Waals surface area (Å²) in [6.45, 7) is 7.19. The molecule has 0 saturated carbocycles. The number of carbonyl (C=O) groups excluding carboxylic acids is 2. The van der Waals surface area contributed by atoms with Crippen LogP contribution in [0.5, 0.6) is 0 Å². The van der Waals surface area contributed by atoms with Gasteiger partial charge in [0.05, 0.1) is 41.4 Å². The number of aromatic nitrogens is 5. The summed E-state index contributed by atoms with van der Waals surface area (Å²) >= 11 is 0. The molecular formula is C42H43N7O4. The number of benzene rings is 3. The number of ether oxygens (including phenoxy) is 2. The maximum Gasteiger partial charge on any atom is 0.410 e. The van der Waals surface area contributed by atoms with Crippen LogP contribution in [0.4, 0.5) is 9.59 Å². The standard InChI is InChI=1S/C42H43N7O4/c1-42(2,3)53-41(51)49-20-8-12-37(49)39-44-24-34(46-39)29-15-13-28(14-16-29)30-17-18-31-21-32(23-43-33(31)22-30)35-25-45-38(47-35)36-11-7-19-48(36)40(50)52-26-27-9-5-4-6-10-27/h4-6,9-10,13-18,21-25,36-37H,7-8,11-12,19-20,26H2,1-3H3,(H,44,46)(H,45,47)/t36-,37-/m0/s1. The highest BCUT2D eigenvalue weighted by Gasteiger charge is 2.35. The first-order valence-corrected chi connectivity index (χ1v) is 18.3. The van der Waals surface area contributed by atoms with E-state index in [1.54, 1.807) is 9.80 Å². The van der Waals surface area contributed by atoms with Crippen LogP contribution in [0.15, 0.2) is 97.5 Å². The molecule has 270 valence electrons. The number of H-pyrrole nitrogens is 2. The van der Waals surface area contributed by atoms with Gasteiger partial charge < -0.3 is 19.4 Å². The number of amides is 2. The lowest BCUT2D eigenvalue weighted by molar-refractivity contribution is 0.0218. The van der Waals surface area contributed by atoms with Crippen molar-refractivity contribution in [2.45, 2.75) is 70.7 Å². The van der Waals surface area contributed by atoms with Gasteiger partial charge >= 0.3 is 12.2 Å². The highest BCUT2D eigenvalue weighted by molar-refractivity contribution is 5.87. The SMILES string of the molecule is CC(C)(C)OC(=O)N1CCC[C@H]1c1ncc(-c2ccc(-c3ccc4cc(-c5cnc([C@@H]6CCCN6C(=O)OCc6ccccc6)[nH]5)cnc4c3)cc2)[nH]1. The van der Waals surface area contributed by atoms with Crippen LogP contribution >= 0.6 is 0 Å². The summed E-state index contributed by atoms with van der Waals surface area (Å²) in [5.41, 5.74) is 7.15. The zero-order valence-corrected chi connectivity index (χ0v) is 30.2. The van der Waals surface area contributed by atoms with Crippen LogP contribution in [0.1, 0.15) is 75.8 Å². The van der Waals surface area contributed by atoms with Gasteiger partial charge in [0.2, 0.25) is 0 Å². The van der Waals surface area contributed by atoms with E-state index >= 15 is 0 Å². The van der Waals surface area contributed by atoms with Crippen molar-refractivity contribution < 1.29 is 19.1 Å². The molecule has 2 N–H and O–H groups in total. The molecule has 0 aliphatic carbocycles. The molecule has 11 nitrogen and oxygen atoms in total. The van der Waals surface area contributed by atoms with Gasteiger partial charge in [-0.25, -0.2) is 19.6 Å². The van der Waals surface area contributed by atoms with E-state index < -0.39 is 5.60 Å². The number of imidazole rings is 2. The molecule has 5 heterocycles. The molecule has 2 aliphatic heterocycles. The molecule has 6 aromatic rings. The van der Waals surface area contributed by atoms with E-state index in [1.165, 1.54) is 0 Å². The molecule has 0 spiro atoms. The van der Waals surface area contributed by atoms with Crippen molar-refractivity contribution in [3.63, 3.8) is 0 Å². The van der Waals surface area contributed by atoms with Crippen LogP contribution in [-0.2, 0) is 16.1 Å². The van der Waals surface area contributed by atoms with E-state index in [0.717, 1.165) is 87.4 Å². The predicted octanol–water partition coefficient (Wildman–Crippen LogP) is 9.23. The van der Waals surface area contributed by atoms with E-state index in [0.29, 0.717) is 13.1 Å². The summed E-state index contributed by atoms with van der Waals surface area (Å²) in [4.78, 5) is 50.4. The second-order valence-corrected chi connectivity index (χ2v) is 14.8. The third-order valence-electron chi connectivity index (χ3n) is 9.92. The zero-order valence-electron chi connectivity index (χ0n) is 30.2. The van der Waals surface area contributed by atoms with Crippen molar-refractivity contribution in [3.8, 4) is 33.6 Å². The molecular weight excluding hydrogens is 667 g/mol. The van der Waals surface area contributed by atoms with Crippen molar-refractivity contribution in [3.05, 3.63) is 115 Å². The van der Waals surface area contributed by atoms with Gasteiger partial charge in [0.25, 0.3) is 0 Å². The average Bonchev–Trinajstić information content (AvgIpc) is 4.00. The Labute approximate surface area is 308 Å². The average molecular weight is 710 g/mol. The summed E-state index contributed by atoms with van der Waals surface area (Å²) < 4.78 is 11.3. The van der Waals surface area contributed by atoms with Gasteiger partial charge in [-0.15, -0.1) is 0 Å². The fourth-order valence-corrected chi connectivity index (χ4v) is 7.26. The quantitative estimate of drug-likeness (QED) is 0.169. The van der Waals surface area contributed by atoms with Crippen molar-refractivity contribution in [2.24, 2.45) is 0 Å². The van der Waals surface area contributed by atoms with Crippen LogP contribution in [-0.4, -0.2) is 65.6 Å². The number of nitrogens with zero attached hydrogens (tertiary/aromatic N) is 5. The molecule has 8 rings (SSSR count). The molecule has 3 aromatic carbocycles. The van der Waals surface area contributed by atoms with Gasteiger partial charge in [0, 0.05) is 30.2 Å². The van der Waals surface area contributed by atoms with Gasteiger partial charge in [-0.2, -0.15) is 0 Å². The summed E-state index contributed by atoms with van der Waals surface area (Å²) in [5, 5.41) is 1.02. The Balaban J connectivity index is 0.929. The smallest absolute Gasteiger partial charge is 0.410 e. The minimum absolute atomic E-state index is 0.127. The summed E-state index contributed by atoms with van der Waals surface area (Å²) in [6.07, 6.45) is 8.36. The molecule has 11 heteroatoms. The molecule has 2 fully saturated rings. The molecule has 0 unspecified atom stereocenters. The van der Waals surface area contributed by atoms with Gasteiger partial charge in [-0.3, -0.25) is 14.8 Å². The molecule has 2 aliphatic rings. The first-order valence-electron chi connectivity index (χ1n) is 18.3. The maximum absolute atomic E-state index is 13.0. The number of rotatable bonds is 7. The summed E-state index contributed by atoms with van der Waals surface area (Å²) in [5.74, 6) is 1.53. The number of pyridine rings is 1. The Morgan fingerprint density at radius 1 is 0.698 bits per heavy atom. The fraction of sp³-hybridized carbons (Fsp3) is 0.310. The highest BCUT2D eigenvalue weighted by atomic mass is 16.6. The van der Waals surface area contributed by atoms with Gasteiger partial charge in [0.1, 0.15) is 23.9 Å². The Hall–Kier alpha value is -5.97. The van der Waals surface area contributed by atoms with Gasteiger partial charge in [-0.1, -0.05) is 66.7 Å². The summed E-state index contributed by atoms with van der Waals surface area (Å²) in [7, 11) is 0. The van der Waals surface area contributed by atoms with E-state index in [4.69, 9.17) is 14.5 Å². The third kappa shape index (κ3) is 7.37. The van der Waals surface area contributed by atoms with Crippen molar-refractivity contribution in [1.29, 1.82) is 0 Å². The second kappa shape index (κ2) is 14.2. The molecule has 2 amide bonds. The number of hydrogen-bond donors (Lipinski definition) is 2. The normalized spacial score (nSPS) is 17.4. The van der Waals surface area contributed by atoms with E-state index in [-0.39, 0.29) is 30.9 Å². The molecule has 0 radical (unpaired) electrons. The lowest BCUT2D eigenvalue weighted by Gasteiger charge is -2.27. The zero-order chi connectivity index (χ0) is 36.5. The lowest BCUT2D eigenvalue weighted by atomic mass is 10.0. The van der Waals surface area contributed by atoms with Crippen molar-refractivity contribution >= 4 is 23.1 Å². The van der Waals surface area contributed by atoms with E-state index in [1.807, 2.05) is 69.7 Å². The number of aromatic amines is 2. The Morgan fingerprint density at radius 2 is 1.30 bits per heavy atom. The minimum atomic E-state index is -0.544. The molecule has 2 atom stereocenters. The van der Waals surface area contributed by atoms with Crippen LogP contribution < -0.4 is 0 Å². The number of hydrogen-bond acceptors (Lipinski definition) is 7. The van der Waals surface area contributed by atoms with Crippen LogP contribution in [0.3, 0.4) is 0 Å². The second-order valence-electron chi connectivity index (χ2n) is 14.8. The third-order valence-corrected chi connectivity index (χ3v) is 9.92. The Bertz CT molecular complexity index is 2240.